The number of rotatable bonds is 4. The molecule has 27 heavy (non-hydrogen) atoms. The van der Waals surface area contributed by atoms with Crippen molar-refractivity contribution in [1.82, 2.24) is 0 Å². The standard InChI is InChI=1S/C18H20N4O4S/c19-17(20-23)10-12-3-5-13(6-4-12)26-14-7-8-15-16(11-14)27(24,25)21-18-2-1-9-22(15)18/h3-8,11,23-25H,1-2,9-10H2,(H2,19,20). The quantitative estimate of drug-likeness (QED) is 0.273. The second-order valence-electron chi connectivity index (χ2n) is 6.43. The van der Waals surface area contributed by atoms with Gasteiger partial charge in [0, 0.05) is 25.5 Å². The molecule has 0 spiro atoms. The molecule has 0 amide bonds. The SMILES string of the molecule is N/C(Cc1ccc(Oc2ccc3c(c2)S(O)(O)N=C2CCCN23)cc1)=N/O. The van der Waals surface area contributed by atoms with Gasteiger partial charge in [0.25, 0.3) is 0 Å². The van der Waals surface area contributed by atoms with E-state index in [1.807, 2.05) is 23.1 Å². The maximum atomic E-state index is 10.4. The van der Waals surface area contributed by atoms with Crippen molar-refractivity contribution in [3.63, 3.8) is 0 Å². The zero-order valence-electron chi connectivity index (χ0n) is 14.4. The van der Waals surface area contributed by atoms with Gasteiger partial charge in [-0.1, -0.05) is 28.1 Å². The van der Waals surface area contributed by atoms with Crippen LogP contribution in [0.15, 0.2) is 56.9 Å². The molecule has 0 unspecified atom stereocenters. The molecule has 2 aliphatic rings. The van der Waals surface area contributed by atoms with Crippen molar-refractivity contribution >= 4 is 28.1 Å². The van der Waals surface area contributed by atoms with Crippen LogP contribution < -0.4 is 15.4 Å². The predicted molar refractivity (Wildman–Crippen MR) is 105 cm³/mol. The summed E-state index contributed by atoms with van der Waals surface area (Å²) < 4.78 is 30.9. The molecule has 5 N–H and O–H groups in total. The summed E-state index contributed by atoms with van der Waals surface area (Å²) in [6.45, 7) is 0.823. The van der Waals surface area contributed by atoms with Gasteiger partial charge in [0.1, 0.15) is 28.1 Å². The summed E-state index contributed by atoms with van der Waals surface area (Å²) in [7, 11) is -3.22. The smallest absolute Gasteiger partial charge is 0.143 e. The number of fused-ring (bicyclic) bond motifs is 3. The Morgan fingerprint density at radius 3 is 2.67 bits per heavy atom. The van der Waals surface area contributed by atoms with Crippen LogP contribution in [0.5, 0.6) is 11.5 Å². The molecule has 0 aromatic heterocycles. The van der Waals surface area contributed by atoms with E-state index >= 15 is 0 Å². The second kappa shape index (κ2) is 6.76. The molecule has 1 fully saturated rings. The third-order valence-corrected chi connectivity index (χ3v) is 5.90. The van der Waals surface area contributed by atoms with E-state index in [0.717, 1.165) is 36.5 Å². The highest BCUT2D eigenvalue weighted by molar-refractivity contribution is 8.23. The van der Waals surface area contributed by atoms with Crippen LogP contribution in [0.4, 0.5) is 5.69 Å². The first kappa shape index (κ1) is 17.7. The lowest BCUT2D eigenvalue weighted by atomic mass is 10.1. The van der Waals surface area contributed by atoms with Gasteiger partial charge in [-0.3, -0.25) is 9.11 Å². The van der Waals surface area contributed by atoms with Crippen molar-refractivity contribution in [1.29, 1.82) is 0 Å². The van der Waals surface area contributed by atoms with Crippen LogP contribution in [-0.2, 0) is 6.42 Å². The minimum Gasteiger partial charge on any atom is -0.457 e. The third-order valence-electron chi connectivity index (χ3n) is 4.52. The molecule has 2 aromatic rings. The maximum absolute atomic E-state index is 10.4. The Morgan fingerprint density at radius 2 is 1.93 bits per heavy atom. The Balaban J connectivity index is 1.57. The Morgan fingerprint density at radius 1 is 1.19 bits per heavy atom. The number of benzene rings is 2. The normalized spacial score (nSPS) is 19.1. The fourth-order valence-electron chi connectivity index (χ4n) is 3.27. The zero-order valence-corrected chi connectivity index (χ0v) is 15.3. The van der Waals surface area contributed by atoms with Gasteiger partial charge in [0.05, 0.1) is 5.69 Å². The van der Waals surface area contributed by atoms with Gasteiger partial charge < -0.3 is 20.6 Å². The summed E-state index contributed by atoms with van der Waals surface area (Å²) in [6, 6.07) is 12.5. The Hall–Kier alpha value is -2.75. The minimum absolute atomic E-state index is 0.130. The summed E-state index contributed by atoms with van der Waals surface area (Å²) >= 11 is 0. The number of ether oxygens (including phenoxy) is 1. The largest absolute Gasteiger partial charge is 0.457 e. The van der Waals surface area contributed by atoms with Crippen LogP contribution in [0, 0.1) is 0 Å². The maximum Gasteiger partial charge on any atom is 0.143 e. The van der Waals surface area contributed by atoms with E-state index in [1.54, 1.807) is 24.3 Å². The van der Waals surface area contributed by atoms with Crippen LogP contribution in [0.2, 0.25) is 0 Å². The highest BCUT2D eigenvalue weighted by atomic mass is 32.3. The monoisotopic (exact) mass is 388 g/mol. The van der Waals surface area contributed by atoms with Gasteiger partial charge in [0.2, 0.25) is 0 Å². The number of hydrogen-bond donors (Lipinski definition) is 4. The molecule has 142 valence electrons. The van der Waals surface area contributed by atoms with Crippen molar-refractivity contribution < 1.29 is 19.0 Å². The average molecular weight is 388 g/mol. The summed E-state index contributed by atoms with van der Waals surface area (Å²) in [5.74, 6) is 1.95. The van der Waals surface area contributed by atoms with Gasteiger partial charge in [-0.05, 0) is 36.2 Å². The molecule has 0 atom stereocenters. The summed E-state index contributed by atoms with van der Waals surface area (Å²) in [4.78, 5) is 2.41. The first-order chi connectivity index (χ1) is 13.0. The number of nitrogens with two attached hydrogens (primary N) is 1. The minimum atomic E-state index is -3.22. The zero-order chi connectivity index (χ0) is 19.0. The van der Waals surface area contributed by atoms with Gasteiger partial charge in [-0.25, -0.2) is 0 Å². The number of nitrogens with zero attached hydrogens (tertiary/aromatic N) is 3. The fraction of sp³-hybridized carbons (Fsp3) is 0.222. The van der Waals surface area contributed by atoms with Gasteiger partial charge in [-0.15, -0.1) is 4.40 Å². The van der Waals surface area contributed by atoms with E-state index in [-0.39, 0.29) is 5.84 Å². The first-order valence-electron chi connectivity index (χ1n) is 8.48. The lowest BCUT2D eigenvalue weighted by molar-refractivity contribution is 0.317. The molecule has 9 heteroatoms. The predicted octanol–water partition coefficient (Wildman–Crippen LogP) is 3.80. The molecule has 4 rings (SSSR count). The van der Waals surface area contributed by atoms with E-state index in [2.05, 4.69) is 9.55 Å². The van der Waals surface area contributed by atoms with Crippen molar-refractivity contribution in [3.8, 4) is 11.5 Å². The third kappa shape index (κ3) is 3.44. The number of amidine groups is 2. The topological polar surface area (TPSA) is 124 Å². The molecule has 2 aliphatic heterocycles. The number of hydrogen-bond acceptors (Lipinski definition) is 7. The van der Waals surface area contributed by atoms with E-state index in [0.29, 0.717) is 22.8 Å². The Labute approximate surface area is 158 Å². The van der Waals surface area contributed by atoms with Gasteiger partial charge in [-0.2, -0.15) is 0 Å². The average Bonchev–Trinajstić information content (AvgIpc) is 3.11. The van der Waals surface area contributed by atoms with Crippen molar-refractivity contribution in [3.05, 3.63) is 48.0 Å². The molecule has 0 saturated carbocycles. The van der Waals surface area contributed by atoms with E-state index in [9.17, 15) is 9.11 Å². The molecule has 2 heterocycles. The Kier molecular flexibility index (Phi) is 4.42. The van der Waals surface area contributed by atoms with Crippen molar-refractivity contribution in [2.24, 2.45) is 15.3 Å². The van der Waals surface area contributed by atoms with E-state index in [1.165, 1.54) is 0 Å². The first-order valence-corrected chi connectivity index (χ1v) is 9.98. The Bertz CT molecular complexity index is 927. The van der Waals surface area contributed by atoms with Gasteiger partial charge in [0.15, 0.2) is 0 Å². The van der Waals surface area contributed by atoms with Crippen LogP contribution in [0.1, 0.15) is 18.4 Å². The number of oxime groups is 1. The van der Waals surface area contributed by atoms with E-state index in [4.69, 9.17) is 15.7 Å². The van der Waals surface area contributed by atoms with Crippen LogP contribution in [0.3, 0.4) is 0 Å². The van der Waals surface area contributed by atoms with Crippen molar-refractivity contribution in [2.75, 3.05) is 11.4 Å². The molecule has 0 radical (unpaired) electrons. The molecular weight excluding hydrogens is 368 g/mol. The summed E-state index contributed by atoms with van der Waals surface area (Å²) in [5.41, 5.74) is 7.16. The van der Waals surface area contributed by atoms with Crippen LogP contribution in [-0.4, -0.2) is 32.5 Å². The molecule has 8 nitrogen and oxygen atoms in total. The highest BCUT2D eigenvalue weighted by Crippen LogP contribution is 2.58. The molecule has 2 aromatic carbocycles. The molecule has 1 saturated heterocycles. The number of anilines is 1. The molecule has 0 bridgehead atoms. The van der Waals surface area contributed by atoms with Crippen LogP contribution in [0.25, 0.3) is 0 Å². The lowest BCUT2D eigenvalue weighted by Gasteiger charge is -2.37. The second-order valence-corrected chi connectivity index (χ2v) is 8.09. The summed E-state index contributed by atoms with van der Waals surface area (Å²) in [5, 5.41) is 11.6. The van der Waals surface area contributed by atoms with Crippen molar-refractivity contribution in [2.45, 2.75) is 24.2 Å². The molecular formula is C18H20N4O4S. The lowest BCUT2D eigenvalue weighted by Crippen LogP contribution is -2.29. The fourth-order valence-corrected chi connectivity index (χ4v) is 4.58. The van der Waals surface area contributed by atoms with Gasteiger partial charge >= 0.3 is 0 Å². The van der Waals surface area contributed by atoms with Crippen LogP contribution >= 0.6 is 10.8 Å². The highest BCUT2D eigenvalue weighted by Gasteiger charge is 2.34. The summed E-state index contributed by atoms with van der Waals surface area (Å²) in [6.07, 6.45) is 2.04. The molecule has 0 aliphatic carbocycles. The van der Waals surface area contributed by atoms with E-state index < -0.39 is 10.8 Å².